The maximum atomic E-state index is 13.1. The lowest BCUT2D eigenvalue weighted by Crippen LogP contribution is -2.26. The van der Waals surface area contributed by atoms with E-state index in [9.17, 15) is 13.2 Å². The number of rotatable bonds is 2. The third-order valence-corrected chi connectivity index (χ3v) is 4.23. The monoisotopic (exact) mass is 303 g/mol. The van der Waals surface area contributed by atoms with Gasteiger partial charge < -0.3 is 10.6 Å². The molecule has 1 aliphatic rings. The summed E-state index contributed by atoms with van der Waals surface area (Å²) in [6.45, 7) is 1.49. The van der Waals surface area contributed by atoms with E-state index in [0.29, 0.717) is 5.69 Å². The molecule has 0 bridgehead atoms. The van der Waals surface area contributed by atoms with Crippen molar-refractivity contribution in [3.05, 3.63) is 29.3 Å². The largest absolute Gasteiger partial charge is 0.417 e. The number of nitrogens with two attached hydrogens (primary N) is 1. The standard InChI is InChI=1S/C13H16F3N3S/c14-13(15,16)11-8-9(2-3-10(11)12(17)18)19-4-1-6-20-7-5-19/h2-3,8H,1,4-7H2,(H3,17,18). The molecule has 1 aliphatic heterocycles. The number of amidine groups is 1. The van der Waals surface area contributed by atoms with Crippen LogP contribution in [0.25, 0.3) is 0 Å². The molecule has 2 rings (SSSR count). The summed E-state index contributed by atoms with van der Waals surface area (Å²) in [7, 11) is 0. The van der Waals surface area contributed by atoms with Gasteiger partial charge in [0.25, 0.3) is 0 Å². The zero-order chi connectivity index (χ0) is 14.8. The van der Waals surface area contributed by atoms with Crippen molar-refractivity contribution in [2.24, 2.45) is 5.73 Å². The summed E-state index contributed by atoms with van der Waals surface area (Å²) in [6, 6.07) is 4.01. The summed E-state index contributed by atoms with van der Waals surface area (Å²) in [5.41, 5.74) is 4.68. The van der Waals surface area contributed by atoms with Crippen LogP contribution in [0.1, 0.15) is 17.5 Å². The lowest BCUT2D eigenvalue weighted by molar-refractivity contribution is -0.137. The fourth-order valence-electron chi connectivity index (χ4n) is 2.20. The Bertz CT molecular complexity index is 494. The van der Waals surface area contributed by atoms with Gasteiger partial charge in [-0.1, -0.05) is 0 Å². The Balaban J connectivity index is 2.38. The molecule has 3 N–H and O–H groups in total. The first-order valence-electron chi connectivity index (χ1n) is 6.28. The summed E-state index contributed by atoms with van der Waals surface area (Å²) < 4.78 is 39.2. The van der Waals surface area contributed by atoms with Gasteiger partial charge in [-0.25, -0.2) is 0 Å². The van der Waals surface area contributed by atoms with Crippen LogP contribution in [-0.2, 0) is 6.18 Å². The van der Waals surface area contributed by atoms with E-state index in [2.05, 4.69) is 0 Å². The molecule has 7 heteroatoms. The number of hydrogen-bond donors (Lipinski definition) is 2. The van der Waals surface area contributed by atoms with Crippen molar-refractivity contribution < 1.29 is 13.2 Å². The molecule has 0 aromatic heterocycles. The second-order valence-corrected chi connectivity index (χ2v) is 5.82. The van der Waals surface area contributed by atoms with Crippen molar-refractivity contribution in [2.45, 2.75) is 12.6 Å². The van der Waals surface area contributed by atoms with Gasteiger partial charge in [0.05, 0.1) is 5.56 Å². The predicted molar refractivity (Wildman–Crippen MR) is 76.6 cm³/mol. The highest BCUT2D eigenvalue weighted by molar-refractivity contribution is 7.99. The van der Waals surface area contributed by atoms with Crippen LogP contribution in [0.4, 0.5) is 18.9 Å². The van der Waals surface area contributed by atoms with Crippen LogP contribution < -0.4 is 10.6 Å². The Kier molecular flexibility index (Phi) is 4.47. The molecule has 3 nitrogen and oxygen atoms in total. The van der Waals surface area contributed by atoms with E-state index in [1.807, 2.05) is 16.7 Å². The molecule has 0 spiro atoms. The summed E-state index contributed by atoms with van der Waals surface area (Å²) in [5, 5.41) is 7.27. The highest BCUT2D eigenvalue weighted by Crippen LogP contribution is 2.35. The van der Waals surface area contributed by atoms with Gasteiger partial charge in [-0.3, -0.25) is 5.41 Å². The first kappa shape index (κ1) is 15.0. The lowest BCUT2D eigenvalue weighted by atomic mass is 10.0. The smallest absolute Gasteiger partial charge is 0.384 e. The molecule has 0 saturated carbocycles. The van der Waals surface area contributed by atoms with Crippen LogP contribution in [0.5, 0.6) is 0 Å². The van der Waals surface area contributed by atoms with Crippen molar-refractivity contribution in [3.8, 4) is 0 Å². The minimum Gasteiger partial charge on any atom is -0.384 e. The maximum absolute atomic E-state index is 13.1. The Morgan fingerprint density at radius 1 is 1.25 bits per heavy atom. The van der Waals surface area contributed by atoms with Gasteiger partial charge in [0.15, 0.2) is 0 Å². The number of benzene rings is 1. The third kappa shape index (κ3) is 3.39. The van der Waals surface area contributed by atoms with Crippen LogP contribution in [0.3, 0.4) is 0 Å². The van der Waals surface area contributed by atoms with Gasteiger partial charge in [-0.05, 0) is 30.4 Å². The zero-order valence-electron chi connectivity index (χ0n) is 10.8. The molecular formula is C13H16F3N3S. The second-order valence-electron chi connectivity index (χ2n) is 4.59. The molecule has 0 radical (unpaired) electrons. The number of nitrogens with zero attached hydrogens (tertiary/aromatic N) is 1. The van der Waals surface area contributed by atoms with Crippen molar-refractivity contribution in [1.29, 1.82) is 5.41 Å². The third-order valence-electron chi connectivity index (χ3n) is 3.19. The number of nitrogens with one attached hydrogen (secondary N) is 1. The van der Waals surface area contributed by atoms with Gasteiger partial charge in [0.2, 0.25) is 0 Å². The quantitative estimate of drug-likeness (QED) is 0.652. The van der Waals surface area contributed by atoms with E-state index in [1.54, 1.807) is 6.07 Å². The van der Waals surface area contributed by atoms with Crippen LogP contribution in [0.15, 0.2) is 18.2 Å². The number of alkyl halides is 3. The molecule has 1 aromatic carbocycles. The highest BCUT2D eigenvalue weighted by atomic mass is 32.2. The predicted octanol–water partition coefficient (Wildman–Crippen LogP) is 2.93. The Labute approximate surface area is 119 Å². The molecule has 0 atom stereocenters. The fraction of sp³-hybridized carbons (Fsp3) is 0.462. The fourth-order valence-corrected chi connectivity index (χ4v) is 3.09. The van der Waals surface area contributed by atoms with Gasteiger partial charge in [-0.15, -0.1) is 0 Å². The number of hydrogen-bond acceptors (Lipinski definition) is 3. The van der Waals surface area contributed by atoms with E-state index in [-0.39, 0.29) is 5.56 Å². The summed E-state index contributed by atoms with van der Waals surface area (Å²) in [4.78, 5) is 1.96. The van der Waals surface area contributed by atoms with Crippen LogP contribution in [0, 0.1) is 5.41 Å². The maximum Gasteiger partial charge on any atom is 0.417 e. The summed E-state index contributed by atoms with van der Waals surface area (Å²) >= 11 is 1.81. The van der Waals surface area contributed by atoms with Gasteiger partial charge >= 0.3 is 6.18 Å². The topological polar surface area (TPSA) is 53.1 Å². The SMILES string of the molecule is N=C(N)c1ccc(N2CCCSCC2)cc1C(F)(F)F. The Morgan fingerprint density at radius 3 is 2.65 bits per heavy atom. The van der Waals surface area contributed by atoms with Crippen molar-refractivity contribution in [1.82, 2.24) is 0 Å². The second kappa shape index (κ2) is 5.95. The molecule has 1 aromatic rings. The van der Waals surface area contributed by atoms with E-state index in [0.717, 1.165) is 37.1 Å². The van der Waals surface area contributed by atoms with Crippen LogP contribution in [-0.4, -0.2) is 30.4 Å². The highest BCUT2D eigenvalue weighted by Gasteiger charge is 2.34. The van der Waals surface area contributed by atoms with Crippen LogP contribution >= 0.6 is 11.8 Å². The van der Waals surface area contributed by atoms with Crippen molar-refractivity contribution in [3.63, 3.8) is 0 Å². The number of anilines is 1. The van der Waals surface area contributed by atoms with E-state index in [4.69, 9.17) is 11.1 Å². The summed E-state index contributed by atoms with van der Waals surface area (Å²) in [6.07, 6.45) is -3.54. The minimum absolute atomic E-state index is 0.259. The molecule has 0 aliphatic carbocycles. The van der Waals surface area contributed by atoms with E-state index >= 15 is 0 Å². The summed E-state index contributed by atoms with van der Waals surface area (Å²) in [5.74, 6) is 1.39. The average molecular weight is 303 g/mol. The van der Waals surface area contributed by atoms with Crippen molar-refractivity contribution >= 4 is 23.3 Å². The van der Waals surface area contributed by atoms with Gasteiger partial charge in [0, 0.05) is 30.1 Å². The Hall–Kier alpha value is -1.37. The average Bonchev–Trinajstić information content (AvgIpc) is 2.65. The molecule has 1 saturated heterocycles. The lowest BCUT2D eigenvalue weighted by Gasteiger charge is -2.24. The normalized spacial score (nSPS) is 16.9. The van der Waals surface area contributed by atoms with Crippen LogP contribution in [0.2, 0.25) is 0 Å². The first-order chi connectivity index (χ1) is 9.39. The number of thioether (sulfide) groups is 1. The van der Waals surface area contributed by atoms with Crippen molar-refractivity contribution in [2.75, 3.05) is 29.5 Å². The number of halogens is 3. The molecule has 110 valence electrons. The minimum atomic E-state index is -4.50. The van der Waals surface area contributed by atoms with Gasteiger partial charge in [-0.2, -0.15) is 24.9 Å². The van der Waals surface area contributed by atoms with Gasteiger partial charge in [0.1, 0.15) is 5.84 Å². The molecule has 1 heterocycles. The molecule has 1 fully saturated rings. The molecule has 0 amide bonds. The van der Waals surface area contributed by atoms with E-state index < -0.39 is 17.6 Å². The van der Waals surface area contributed by atoms with E-state index in [1.165, 1.54) is 6.07 Å². The molecule has 20 heavy (non-hydrogen) atoms. The Morgan fingerprint density at radius 2 is 2.00 bits per heavy atom. The molecular weight excluding hydrogens is 287 g/mol. The zero-order valence-corrected chi connectivity index (χ0v) is 11.7. The number of nitrogen functional groups attached to an aromatic ring is 1. The first-order valence-corrected chi connectivity index (χ1v) is 7.43. The molecule has 0 unspecified atom stereocenters.